The van der Waals surface area contributed by atoms with Crippen molar-refractivity contribution in [2.24, 2.45) is 0 Å². The number of nitrogens with one attached hydrogen (secondary N) is 1. The molecule has 0 bridgehead atoms. The third kappa shape index (κ3) is 10.2. The maximum Gasteiger partial charge on any atom is 0.230 e. The molecule has 0 atom stereocenters. The molecule has 78 valence electrons. The van der Waals surface area contributed by atoms with E-state index >= 15 is 0 Å². The number of amides is 1. The van der Waals surface area contributed by atoms with Crippen LogP contribution in [-0.2, 0) is 4.79 Å². The topological polar surface area (TPSA) is 29.1 Å². The molecule has 0 aliphatic carbocycles. The van der Waals surface area contributed by atoms with E-state index in [1.54, 1.807) is 0 Å². The minimum absolute atomic E-state index is 0.0871. The molecule has 0 aromatic carbocycles. The van der Waals surface area contributed by atoms with Gasteiger partial charge in [-0.2, -0.15) is 11.8 Å². The van der Waals surface area contributed by atoms with Crippen molar-refractivity contribution in [2.75, 3.05) is 23.9 Å². The molecule has 0 fully saturated rings. The van der Waals surface area contributed by atoms with Crippen LogP contribution in [0.25, 0.3) is 0 Å². The molecule has 0 aliphatic rings. The summed E-state index contributed by atoms with van der Waals surface area (Å²) in [5.74, 6) is 1.34. The van der Waals surface area contributed by atoms with Crippen molar-refractivity contribution >= 4 is 33.6 Å². The van der Waals surface area contributed by atoms with Gasteiger partial charge >= 0.3 is 0 Å². The quantitative estimate of drug-likeness (QED) is 0.541. The van der Waals surface area contributed by atoms with Crippen LogP contribution in [0.4, 0.5) is 0 Å². The van der Waals surface area contributed by atoms with Gasteiger partial charge in [0.2, 0.25) is 5.91 Å². The molecule has 0 spiro atoms. The Kier molecular flexibility index (Phi) is 10.6. The van der Waals surface area contributed by atoms with Crippen LogP contribution in [0.15, 0.2) is 0 Å². The van der Waals surface area contributed by atoms with Crippen LogP contribution in [-0.4, -0.2) is 29.8 Å². The summed E-state index contributed by atoms with van der Waals surface area (Å²) in [6, 6.07) is 0. The summed E-state index contributed by atoms with van der Waals surface area (Å²) in [5, 5.41) is 3.25. The standard InChI is InChI=1S/C9H18BrNOS/c1-13-7-5-3-2-4-6-11-9(12)8-10/h2-8H2,1H3,(H,11,12). The van der Waals surface area contributed by atoms with Crippen molar-refractivity contribution in [3.8, 4) is 0 Å². The van der Waals surface area contributed by atoms with Crippen LogP contribution in [0.1, 0.15) is 25.7 Å². The van der Waals surface area contributed by atoms with Crippen LogP contribution in [0.3, 0.4) is 0 Å². The Morgan fingerprint density at radius 2 is 2.00 bits per heavy atom. The summed E-state index contributed by atoms with van der Waals surface area (Å²) in [7, 11) is 0. The van der Waals surface area contributed by atoms with Crippen LogP contribution in [0.2, 0.25) is 0 Å². The van der Waals surface area contributed by atoms with Gasteiger partial charge in [0.15, 0.2) is 0 Å². The van der Waals surface area contributed by atoms with Crippen molar-refractivity contribution in [3.05, 3.63) is 0 Å². The second kappa shape index (κ2) is 10.4. The first kappa shape index (κ1) is 13.3. The van der Waals surface area contributed by atoms with Crippen molar-refractivity contribution < 1.29 is 4.79 Å². The third-order valence-electron chi connectivity index (χ3n) is 1.72. The fourth-order valence-electron chi connectivity index (χ4n) is 1.00. The molecule has 0 saturated carbocycles. The first-order valence-corrected chi connectivity index (χ1v) is 7.14. The molecule has 1 N–H and O–H groups in total. The summed E-state index contributed by atoms with van der Waals surface area (Å²) in [6.45, 7) is 0.823. The predicted octanol–water partition coefficient (Wildman–Crippen LogP) is 2.42. The Bertz CT molecular complexity index is 133. The first-order valence-electron chi connectivity index (χ1n) is 4.63. The highest BCUT2D eigenvalue weighted by atomic mass is 79.9. The molecule has 0 unspecified atom stereocenters. The van der Waals surface area contributed by atoms with Crippen LogP contribution in [0.5, 0.6) is 0 Å². The monoisotopic (exact) mass is 267 g/mol. The van der Waals surface area contributed by atoms with Crippen LogP contribution in [0, 0.1) is 0 Å². The maximum atomic E-state index is 10.8. The zero-order chi connectivity index (χ0) is 9.94. The lowest BCUT2D eigenvalue weighted by Gasteiger charge is -2.02. The molecular formula is C9H18BrNOS. The molecule has 2 nitrogen and oxygen atoms in total. The van der Waals surface area contributed by atoms with Gasteiger partial charge in [0.25, 0.3) is 0 Å². The van der Waals surface area contributed by atoms with Crippen molar-refractivity contribution in [3.63, 3.8) is 0 Å². The number of hydrogen-bond donors (Lipinski definition) is 1. The van der Waals surface area contributed by atoms with Gasteiger partial charge in [-0.3, -0.25) is 4.79 Å². The second-order valence-corrected chi connectivity index (χ2v) is 4.44. The highest BCUT2D eigenvalue weighted by Crippen LogP contribution is 2.03. The van der Waals surface area contributed by atoms with Crippen molar-refractivity contribution in [2.45, 2.75) is 25.7 Å². The molecule has 1 amide bonds. The first-order chi connectivity index (χ1) is 6.31. The molecule has 13 heavy (non-hydrogen) atoms. The van der Waals surface area contributed by atoms with Crippen molar-refractivity contribution in [1.29, 1.82) is 0 Å². The Balaban J connectivity index is 2.95. The molecule has 0 aromatic heterocycles. The zero-order valence-corrected chi connectivity index (χ0v) is 10.5. The Labute approximate surface area is 93.4 Å². The SMILES string of the molecule is CSCCCCCCNC(=O)CBr. The van der Waals surface area contributed by atoms with Gasteiger partial charge < -0.3 is 5.32 Å². The van der Waals surface area contributed by atoms with Gasteiger partial charge in [0, 0.05) is 6.54 Å². The van der Waals surface area contributed by atoms with Gasteiger partial charge in [-0.15, -0.1) is 0 Å². The van der Waals surface area contributed by atoms with E-state index in [4.69, 9.17) is 0 Å². The van der Waals surface area contributed by atoms with E-state index in [0.29, 0.717) is 5.33 Å². The summed E-state index contributed by atoms with van der Waals surface area (Å²) in [4.78, 5) is 10.8. The Morgan fingerprint density at radius 1 is 1.31 bits per heavy atom. The van der Waals surface area contributed by atoms with Gasteiger partial charge in [-0.05, 0) is 24.9 Å². The number of thioether (sulfide) groups is 1. The average molecular weight is 268 g/mol. The highest BCUT2D eigenvalue weighted by molar-refractivity contribution is 9.09. The minimum Gasteiger partial charge on any atom is -0.355 e. The predicted molar refractivity (Wildman–Crippen MR) is 63.7 cm³/mol. The number of halogens is 1. The maximum absolute atomic E-state index is 10.8. The number of alkyl halides is 1. The molecule has 0 heterocycles. The molecular weight excluding hydrogens is 250 g/mol. The van der Waals surface area contributed by atoms with E-state index in [2.05, 4.69) is 27.5 Å². The Hall–Kier alpha value is 0.300. The fraction of sp³-hybridized carbons (Fsp3) is 0.889. The smallest absolute Gasteiger partial charge is 0.230 e. The molecule has 0 saturated heterocycles. The number of rotatable bonds is 8. The zero-order valence-electron chi connectivity index (χ0n) is 8.14. The second-order valence-electron chi connectivity index (χ2n) is 2.89. The van der Waals surface area contributed by atoms with Gasteiger partial charge in [0.05, 0.1) is 5.33 Å². The largest absolute Gasteiger partial charge is 0.355 e. The van der Waals surface area contributed by atoms with E-state index in [9.17, 15) is 4.79 Å². The normalized spacial score (nSPS) is 10.0. The highest BCUT2D eigenvalue weighted by Gasteiger charge is 1.95. The number of hydrogen-bond acceptors (Lipinski definition) is 2. The Morgan fingerprint density at radius 3 is 2.62 bits per heavy atom. The van der Waals surface area contributed by atoms with Crippen LogP contribution < -0.4 is 5.32 Å². The van der Waals surface area contributed by atoms with Crippen LogP contribution >= 0.6 is 27.7 Å². The van der Waals surface area contributed by atoms with E-state index < -0.39 is 0 Å². The summed E-state index contributed by atoms with van der Waals surface area (Å²) in [5.41, 5.74) is 0. The molecule has 0 aliphatic heterocycles. The van der Waals surface area contributed by atoms with Gasteiger partial charge in [-0.25, -0.2) is 0 Å². The lowest BCUT2D eigenvalue weighted by molar-refractivity contribution is -0.118. The van der Waals surface area contributed by atoms with E-state index in [-0.39, 0.29) is 5.91 Å². The molecule has 0 rings (SSSR count). The number of unbranched alkanes of at least 4 members (excludes halogenated alkanes) is 3. The minimum atomic E-state index is 0.0871. The van der Waals surface area contributed by atoms with E-state index in [1.807, 2.05) is 11.8 Å². The molecule has 0 aromatic rings. The average Bonchev–Trinajstić information content (AvgIpc) is 2.16. The fourth-order valence-corrected chi connectivity index (χ4v) is 1.69. The lowest BCUT2D eigenvalue weighted by atomic mass is 10.2. The van der Waals surface area contributed by atoms with Crippen molar-refractivity contribution in [1.82, 2.24) is 5.32 Å². The number of carbonyl (C=O) groups is 1. The van der Waals surface area contributed by atoms with E-state index in [0.717, 1.165) is 13.0 Å². The summed E-state index contributed by atoms with van der Waals surface area (Å²) < 4.78 is 0. The molecule has 0 radical (unpaired) electrons. The van der Waals surface area contributed by atoms with E-state index in [1.165, 1.54) is 25.0 Å². The molecule has 4 heteroatoms. The summed E-state index contributed by atoms with van der Waals surface area (Å²) in [6.07, 6.45) is 7.05. The third-order valence-corrected chi connectivity index (χ3v) is 2.92. The number of carbonyl (C=O) groups excluding carboxylic acids is 1. The summed E-state index contributed by atoms with van der Waals surface area (Å²) >= 11 is 5.00. The lowest BCUT2D eigenvalue weighted by Crippen LogP contribution is -2.25. The van der Waals surface area contributed by atoms with Gasteiger partial charge in [0.1, 0.15) is 0 Å². The van der Waals surface area contributed by atoms with Gasteiger partial charge in [-0.1, -0.05) is 28.8 Å².